The van der Waals surface area contributed by atoms with Crippen molar-refractivity contribution >= 4 is 23.7 Å². The van der Waals surface area contributed by atoms with E-state index in [1.165, 1.54) is 12.1 Å². The van der Waals surface area contributed by atoms with Gasteiger partial charge in [-0.05, 0) is 29.8 Å². The maximum atomic E-state index is 12.5. The maximum Gasteiger partial charge on any atom is 0.268 e. The van der Waals surface area contributed by atoms with Gasteiger partial charge in [0.2, 0.25) is 0 Å². The standard InChI is InChI=1S/C16H9N5O4/c22-13-10-4-3-8(15(24)25)6-11(10)14(23)21(13)16-18-12(19-20-16)9-2-1-5-17-7-9/h1-7H,(H,24,25)(H,18,19,20)/p-1. The van der Waals surface area contributed by atoms with Crippen LogP contribution in [-0.4, -0.2) is 37.9 Å². The number of pyridine rings is 1. The quantitative estimate of drug-likeness (QED) is 0.668. The highest BCUT2D eigenvalue weighted by molar-refractivity contribution is 6.34. The molecule has 122 valence electrons. The van der Waals surface area contributed by atoms with E-state index in [0.717, 1.165) is 11.0 Å². The Labute approximate surface area is 140 Å². The van der Waals surface area contributed by atoms with E-state index in [1.54, 1.807) is 24.5 Å². The first-order chi connectivity index (χ1) is 12.1. The highest BCUT2D eigenvalue weighted by Gasteiger charge is 2.39. The van der Waals surface area contributed by atoms with Gasteiger partial charge >= 0.3 is 0 Å². The van der Waals surface area contributed by atoms with Gasteiger partial charge in [-0.15, -0.1) is 5.10 Å². The van der Waals surface area contributed by atoms with Gasteiger partial charge < -0.3 is 9.90 Å². The Morgan fingerprint density at radius 2 is 1.92 bits per heavy atom. The number of carbonyl (C=O) groups excluding carboxylic acids is 3. The molecule has 0 atom stereocenters. The Hall–Kier alpha value is -3.88. The van der Waals surface area contributed by atoms with Crippen molar-refractivity contribution in [2.45, 2.75) is 0 Å². The first-order valence-electron chi connectivity index (χ1n) is 7.13. The molecule has 1 aliphatic heterocycles. The van der Waals surface area contributed by atoms with Crippen molar-refractivity contribution in [3.05, 3.63) is 59.4 Å². The topological polar surface area (TPSA) is 132 Å². The number of rotatable bonds is 3. The average Bonchev–Trinajstić information content (AvgIpc) is 3.19. The summed E-state index contributed by atoms with van der Waals surface area (Å²) in [7, 11) is 0. The van der Waals surface area contributed by atoms with E-state index in [-0.39, 0.29) is 22.6 Å². The summed E-state index contributed by atoms with van der Waals surface area (Å²) in [5.74, 6) is -2.53. The molecule has 1 N–H and O–H groups in total. The number of carboxylic acids is 1. The van der Waals surface area contributed by atoms with Gasteiger partial charge in [-0.1, -0.05) is 6.07 Å². The number of H-pyrrole nitrogens is 1. The lowest BCUT2D eigenvalue weighted by Crippen LogP contribution is -2.30. The maximum absolute atomic E-state index is 12.5. The van der Waals surface area contributed by atoms with E-state index in [0.29, 0.717) is 11.4 Å². The molecular weight excluding hydrogens is 326 g/mol. The Kier molecular flexibility index (Phi) is 3.14. The van der Waals surface area contributed by atoms with E-state index in [4.69, 9.17) is 0 Å². The zero-order valence-corrected chi connectivity index (χ0v) is 12.5. The molecule has 0 bridgehead atoms. The zero-order valence-electron chi connectivity index (χ0n) is 12.5. The van der Waals surface area contributed by atoms with Crippen molar-refractivity contribution in [1.82, 2.24) is 20.2 Å². The minimum atomic E-state index is -1.43. The fraction of sp³-hybridized carbons (Fsp3) is 0. The summed E-state index contributed by atoms with van der Waals surface area (Å²) in [6.07, 6.45) is 3.15. The van der Waals surface area contributed by atoms with Crippen LogP contribution in [0, 0.1) is 0 Å². The summed E-state index contributed by atoms with van der Waals surface area (Å²) >= 11 is 0. The number of aromatic nitrogens is 4. The van der Waals surface area contributed by atoms with Crippen LogP contribution in [-0.2, 0) is 0 Å². The number of anilines is 1. The molecule has 2 amide bonds. The Bertz CT molecular complexity index is 1030. The lowest BCUT2D eigenvalue weighted by molar-refractivity contribution is -0.255. The van der Waals surface area contributed by atoms with Crippen LogP contribution < -0.4 is 10.0 Å². The SMILES string of the molecule is O=C([O-])c1ccc2c(c1)C(=O)N(c1n[nH]c(-c3cccnc3)n1)C2=O. The molecule has 0 saturated carbocycles. The predicted octanol–water partition coefficient (Wildman–Crippen LogP) is 0.0308. The summed E-state index contributed by atoms with van der Waals surface area (Å²) in [4.78, 5) is 44.8. The molecule has 4 rings (SSSR count). The number of hydrogen-bond donors (Lipinski definition) is 1. The molecule has 0 saturated heterocycles. The highest BCUT2D eigenvalue weighted by Crippen LogP contribution is 2.28. The lowest BCUT2D eigenvalue weighted by Gasteiger charge is -2.07. The third kappa shape index (κ3) is 2.26. The molecule has 9 heteroatoms. The van der Waals surface area contributed by atoms with Crippen molar-refractivity contribution in [2.75, 3.05) is 4.90 Å². The third-order valence-electron chi connectivity index (χ3n) is 3.73. The van der Waals surface area contributed by atoms with Gasteiger partial charge in [-0.2, -0.15) is 4.98 Å². The van der Waals surface area contributed by atoms with Gasteiger partial charge in [0.25, 0.3) is 17.8 Å². The van der Waals surface area contributed by atoms with Crippen LogP contribution in [0.1, 0.15) is 31.1 Å². The Balaban J connectivity index is 1.73. The summed E-state index contributed by atoms with van der Waals surface area (Å²) in [5.41, 5.74) is 0.507. The highest BCUT2D eigenvalue weighted by atomic mass is 16.4. The van der Waals surface area contributed by atoms with E-state index in [1.807, 2.05) is 0 Å². The first-order valence-corrected chi connectivity index (χ1v) is 7.13. The first kappa shape index (κ1) is 14.7. The van der Waals surface area contributed by atoms with Crippen LogP contribution in [0.2, 0.25) is 0 Å². The normalized spacial score (nSPS) is 13.2. The molecule has 2 aromatic heterocycles. The number of imide groups is 1. The number of carboxylic acid groups (broad SMARTS) is 1. The summed E-state index contributed by atoms with van der Waals surface area (Å²) in [6.45, 7) is 0. The molecular formula is C16H8N5O4-. The van der Waals surface area contributed by atoms with Crippen molar-refractivity contribution in [2.24, 2.45) is 0 Å². The molecule has 1 aliphatic rings. The number of nitrogens with one attached hydrogen (secondary N) is 1. The van der Waals surface area contributed by atoms with Gasteiger partial charge in [-0.25, -0.2) is 4.90 Å². The number of aromatic carboxylic acids is 1. The molecule has 25 heavy (non-hydrogen) atoms. The Morgan fingerprint density at radius 3 is 2.64 bits per heavy atom. The van der Waals surface area contributed by atoms with Crippen molar-refractivity contribution < 1.29 is 19.5 Å². The number of benzene rings is 1. The number of carbonyl (C=O) groups is 3. The van der Waals surface area contributed by atoms with Crippen LogP contribution in [0.25, 0.3) is 11.4 Å². The van der Waals surface area contributed by atoms with Gasteiger partial charge in [0.15, 0.2) is 5.82 Å². The molecule has 1 aromatic carbocycles. The summed E-state index contributed by atoms with van der Waals surface area (Å²) in [6, 6.07) is 7.05. The van der Waals surface area contributed by atoms with Crippen LogP contribution in [0.15, 0.2) is 42.7 Å². The van der Waals surface area contributed by atoms with E-state index >= 15 is 0 Å². The monoisotopic (exact) mass is 334 g/mol. The fourth-order valence-corrected chi connectivity index (χ4v) is 2.53. The lowest BCUT2D eigenvalue weighted by atomic mass is 10.1. The van der Waals surface area contributed by atoms with Gasteiger partial charge in [-0.3, -0.25) is 19.7 Å². The van der Waals surface area contributed by atoms with Gasteiger partial charge in [0.05, 0.1) is 17.1 Å². The molecule has 9 nitrogen and oxygen atoms in total. The van der Waals surface area contributed by atoms with Crippen LogP contribution in [0.5, 0.6) is 0 Å². The fourth-order valence-electron chi connectivity index (χ4n) is 2.53. The molecule has 0 aliphatic carbocycles. The minimum absolute atomic E-state index is 0.0283. The summed E-state index contributed by atoms with van der Waals surface area (Å²) in [5, 5.41) is 17.5. The second-order valence-electron chi connectivity index (χ2n) is 5.22. The van der Waals surface area contributed by atoms with Crippen molar-refractivity contribution in [3.63, 3.8) is 0 Å². The minimum Gasteiger partial charge on any atom is -0.545 e. The van der Waals surface area contributed by atoms with Crippen LogP contribution in [0.3, 0.4) is 0 Å². The number of aromatic amines is 1. The second-order valence-corrected chi connectivity index (χ2v) is 5.22. The van der Waals surface area contributed by atoms with Gasteiger partial charge in [0, 0.05) is 18.0 Å². The number of nitrogens with zero attached hydrogens (tertiary/aromatic N) is 4. The van der Waals surface area contributed by atoms with E-state index < -0.39 is 17.8 Å². The molecule has 0 radical (unpaired) electrons. The predicted molar refractivity (Wildman–Crippen MR) is 81.5 cm³/mol. The third-order valence-corrected chi connectivity index (χ3v) is 3.73. The van der Waals surface area contributed by atoms with Crippen LogP contribution in [0.4, 0.5) is 5.95 Å². The Morgan fingerprint density at radius 1 is 1.12 bits per heavy atom. The van der Waals surface area contributed by atoms with Crippen molar-refractivity contribution in [1.29, 1.82) is 0 Å². The molecule has 3 heterocycles. The smallest absolute Gasteiger partial charge is 0.268 e. The average molecular weight is 334 g/mol. The number of fused-ring (bicyclic) bond motifs is 1. The molecule has 0 unspecified atom stereocenters. The second kappa shape index (κ2) is 5.34. The summed E-state index contributed by atoms with van der Waals surface area (Å²) < 4.78 is 0. The number of hydrogen-bond acceptors (Lipinski definition) is 7. The zero-order chi connectivity index (χ0) is 17.6. The van der Waals surface area contributed by atoms with E-state index in [9.17, 15) is 19.5 Å². The molecule has 0 spiro atoms. The number of amides is 2. The van der Waals surface area contributed by atoms with E-state index in [2.05, 4.69) is 20.2 Å². The van der Waals surface area contributed by atoms with Crippen molar-refractivity contribution in [3.8, 4) is 11.4 Å². The molecule has 3 aromatic rings. The molecule has 0 fully saturated rings. The largest absolute Gasteiger partial charge is 0.545 e. The van der Waals surface area contributed by atoms with Gasteiger partial charge in [0.1, 0.15) is 0 Å². The van der Waals surface area contributed by atoms with Crippen LogP contribution >= 0.6 is 0 Å².